The largest absolute Gasteiger partial charge is 0.357 e. The predicted octanol–water partition coefficient (Wildman–Crippen LogP) is 2.38. The first-order valence-electron chi connectivity index (χ1n) is 7.05. The van der Waals surface area contributed by atoms with E-state index in [1.54, 1.807) is 0 Å². The van der Waals surface area contributed by atoms with Crippen LogP contribution in [0.3, 0.4) is 0 Å². The molecule has 0 radical (unpaired) electrons. The standard InChI is InChI=1S/C16H13N3OS/c17-8-10-9-4-3-6-11(9)16(19-14(10)21)12-5-1-2-7-13(12)18-15(16)20/h1-2,5,7,11H,3-4,6H2,(H,18,20)(H,19,21)/t11-,16+/m0/s1. The Bertz CT molecular complexity index is 761. The molecule has 1 fully saturated rings. The summed E-state index contributed by atoms with van der Waals surface area (Å²) in [4.78, 5) is 13.2. The number of fused-ring (bicyclic) bond motifs is 4. The number of amides is 1. The highest BCUT2D eigenvalue weighted by Crippen LogP contribution is 2.52. The van der Waals surface area contributed by atoms with E-state index < -0.39 is 5.54 Å². The maximum atomic E-state index is 12.8. The van der Waals surface area contributed by atoms with Gasteiger partial charge in [0.05, 0.1) is 5.57 Å². The number of hydrogen-bond donors (Lipinski definition) is 2. The van der Waals surface area contributed by atoms with E-state index in [4.69, 9.17) is 12.2 Å². The van der Waals surface area contributed by atoms with Crippen LogP contribution in [-0.4, -0.2) is 10.9 Å². The number of carbonyl (C=O) groups is 1. The highest BCUT2D eigenvalue weighted by Gasteiger charge is 2.57. The van der Waals surface area contributed by atoms with Gasteiger partial charge < -0.3 is 10.6 Å². The molecule has 3 aliphatic rings. The van der Waals surface area contributed by atoms with Crippen molar-refractivity contribution < 1.29 is 4.79 Å². The lowest BCUT2D eigenvalue weighted by molar-refractivity contribution is -0.123. The van der Waals surface area contributed by atoms with Crippen LogP contribution in [0.1, 0.15) is 24.8 Å². The van der Waals surface area contributed by atoms with Crippen LogP contribution in [-0.2, 0) is 10.3 Å². The van der Waals surface area contributed by atoms with E-state index in [1.165, 1.54) is 0 Å². The summed E-state index contributed by atoms with van der Waals surface area (Å²) in [6.45, 7) is 0. The molecular weight excluding hydrogens is 282 g/mol. The number of nitriles is 1. The number of thiocarbonyl (C=S) groups is 1. The van der Waals surface area contributed by atoms with E-state index in [2.05, 4.69) is 16.7 Å². The van der Waals surface area contributed by atoms with E-state index in [1.807, 2.05) is 24.3 Å². The third kappa shape index (κ3) is 1.43. The van der Waals surface area contributed by atoms with Crippen molar-refractivity contribution in [1.82, 2.24) is 5.32 Å². The van der Waals surface area contributed by atoms with E-state index in [0.29, 0.717) is 10.6 Å². The number of nitrogens with one attached hydrogen (secondary N) is 2. The molecule has 2 heterocycles. The molecule has 1 spiro atoms. The molecule has 104 valence electrons. The molecule has 1 saturated carbocycles. The van der Waals surface area contributed by atoms with Gasteiger partial charge in [-0.2, -0.15) is 5.26 Å². The first-order chi connectivity index (χ1) is 10.2. The van der Waals surface area contributed by atoms with Crippen molar-refractivity contribution in [3.05, 3.63) is 41.0 Å². The van der Waals surface area contributed by atoms with Gasteiger partial charge in [0.2, 0.25) is 0 Å². The van der Waals surface area contributed by atoms with Crippen LogP contribution in [0.2, 0.25) is 0 Å². The van der Waals surface area contributed by atoms with Crippen LogP contribution < -0.4 is 10.6 Å². The minimum absolute atomic E-state index is 0.0162. The zero-order valence-corrected chi connectivity index (χ0v) is 12.1. The molecule has 5 heteroatoms. The number of nitrogens with zero attached hydrogens (tertiary/aromatic N) is 1. The lowest BCUT2D eigenvalue weighted by Crippen LogP contribution is -2.58. The van der Waals surface area contributed by atoms with Gasteiger partial charge in [-0.05, 0) is 30.9 Å². The second-order valence-corrected chi connectivity index (χ2v) is 6.13. The van der Waals surface area contributed by atoms with Crippen LogP contribution in [0.25, 0.3) is 0 Å². The van der Waals surface area contributed by atoms with Gasteiger partial charge in [-0.25, -0.2) is 0 Å². The van der Waals surface area contributed by atoms with Gasteiger partial charge in [0.25, 0.3) is 5.91 Å². The summed E-state index contributed by atoms with van der Waals surface area (Å²) < 4.78 is 0. The number of rotatable bonds is 0. The van der Waals surface area contributed by atoms with Crippen molar-refractivity contribution in [3.8, 4) is 6.07 Å². The van der Waals surface area contributed by atoms with Crippen molar-refractivity contribution in [2.75, 3.05) is 5.32 Å². The first-order valence-corrected chi connectivity index (χ1v) is 7.46. The molecule has 0 bridgehead atoms. The van der Waals surface area contributed by atoms with Gasteiger partial charge in [0, 0.05) is 17.2 Å². The minimum Gasteiger partial charge on any atom is -0.357 e. The normalized spacial score (nSPS) is 29.8. The molecule has 4 nitrogen and oxygen atoms in total. The van der Waals surface area contributed by atoms with Gasteiger partial charge in [0.15, 0.2) is 5.54 Å². The average Bonchev–Trinajstić information content (AvgIpc) is 3.05. The number of para-hydroxylation sites is 1. The van der Waals surface area contributed by atoms with Crippen molar-refractivity contribution in [1.29, 1.82) is 5.26 Å². The minimum atomic E-state index is -0.833. The molecule has 1 amide bonds. The monoisotopic (exact) mass is 295 g/mol. The number of benzene rings is 1. The number of anilines is 1. The molecule has 1 aliphatic carbocycles. The summed E-state index contributed by atoms with van der Waals surface area (Å²) in [6, 6.07) is 9.93. The Morgan fingerprint density at radius 1 is 1.38 bits per heavy atom. The SMILES string of the molecule is N#CC1=C2CCC[C@@H]2[C@]2(NC1=S)C(=O)Nc1ccccc12. The molecule has 4 rings (SSSR count). The van der Waals surface area contributed by atoms with Crippen molar-refractivity contribution in [2.24, 2.45) is 5.92 Å². The highest BCUT2D eigenvalue weighted by atomic mass is 32.1. The molecule has 2 atom stereocenters. The van der Waals surface area contributed by atoms with E-state index in [0.717, 1.165) is 36.1 Å². The van der Waals surface area contributed by atoms with E-state index in [-0.39, 0.29) is 11.8 Å². The Kier molecular flexibility index (Phi) is 2.48. The summed E-state index contributed by atoms with van der Waals surface area (Å²) in [5, 5.41) is 15.5. The van der Waals surface area contributed by atoms with E-state index >= 15 is 0 Å². The van der Waals surface area contributed by atoms with Crippen LogP contribution in [0.5, 0.6) is 0 Å². The Morgan fingerprint density at radius 2 is 2.19 bits per heavy atom. The number of hydrogen-bond acceptors (Lipinski definition) is 3. The van der Waals surface area contributed by atoms with Gasteiger partial charge in [-0.15, -0.1) is 0 Å². The summed E-state index contributed by atoms with van der Waals surface area (Å²) in [7, 11) is 0. The summed E-state index contributed by atoms with van der Waals surface area (Å²) >= 11 is 5.37. The van der Waals surface area contributed by atoms with E-state index in [9.17, 15) is 10.1 Å². The molecule has 0 unspecified atom stereocenters. The highest BCUT2D eigenvalue weighted by molar-refractivity contribution is 7.80. The molecule has 2 N–H and O–H groups in total. The second kappa shape index (κ2) is 4.15. The molecule has 21 heavy (non-hydrogen) atoms. The molecule has 2 aliphatic heterocycles. The summed E-state index contributed by atoms with van der Waals surface area (Å²) in [5.41, 5.74) is 2.56. The zero-order valence-electron chi connectivity index (χ0n) is 11.3. The number of carbonyl (C=O) groups excluding carboxylic acids is 1. The topological polar surface area (TPSA) is 64.9 Å². The first kappa shape index (κ1) is 12.5. The maximum Gasteiger partial charge on any atom is 0.255 e. The quantitative estimate of drug-likeness (QED) is 0.721. The van der Waals surface area contributed by atoms with Crippen molar-refractivity contribution in [3.63, 3.8) is 0 Å². The Balaban J connectivity index is 1.98. The average molecular weight is 295 g/mol. The Morgan fingerprint density at radius 3 is 3.00 bits per heavy atom. The van der Waals surface area contributed by atoms with Gasteiger partial charge >= 0.3 is 0 Å². The summed E-state index contributed by atoms with van der Waals surface area (Å²) in [5.74, 6) is -0.0464. The third-order valence-electron chi connectivity index (χ3n) is 4.81. The lowest BCUT2D eigenvalue weighted by atomic mass is 9.72. The Labute approximate surface area is 127 Å². The van der Waals surface area contributed by atoms with Crippen molar-refractivity contribution >= 4 is 28.8 Å². The fraction of sp³-hybridized carbons (Fsp3) is 0.312. The van der Waals surface area contributed by atoms with Gasteiger partial charge in [0.1, 0.15) is 11.1 Å². The van der Waals surface area contributed by atoms with Crippen molar-refractivity contribution in [2.45, 2.75) is 24.8 Å². The molecule has 0 saturated heterocycles. The fourth-order valence-electron chi connectivity index (χ4n) is 3.97. The maximum absolute atomic E-state index is 12.8. The molecular formula is C16H13N3OS. The smallest absolute Gasteiger partial charge is 0.255 e. The molecule has 0 aromatic heterocycles. The molecule has 1 aromatic carbocycles. The fourth-order valence-corrected chi connectivity index (χ4v) is 4.31. The lowest BCUT2D eigenvalue weighted by Gasteiger charge is -2.40. The van der Waals surface area contributed by atoms with Crippen LogP contribution in [0, 0.1) is 17.2 Å². The third-order valence-corrected chi connectivity index (χ3v) is 5.12. The van der Waals surface area contributed by atoms with Gasteiger partial charge in [-0.1, -0.05) is 30.4 Å². The van der Waals surface area contributed by atoms with Crippen LogP contribution in [0.4, 0.5) is 5.69 Å². The Hall–Kier alpha value is -2.19. The van der Waals surface area contributed by atoms with Gasteiger partial charge in [-0.3, -0.25) is 4.79 Å². The zero-order chi connectivity index (χ0) is 14.6. The predicted molar refractivity (Wildman–Crippen MR) is 82.5 cm³/mol. The summed E-state index contributed by atoms with van der Waals surface area (Å²) in [6.07, 6.45) is 2.75. The van der Waals surface area contributed by atoms with Crippen LogP contribution in [0.15, 0.2) is 35.4 Å². The molecule has 1 aromatic rings. The second-order valence-electron chi connectivity index (χ2n) is 5.72. The van der Waals surface area contributed by atoms with Crippen LogP contribution >= 0.6 is 12.2 Å².